The fourth-order valence-corrected chi connectivity index (χ4v) is 4.25. The van der Waals surface area contributed by atoms with Crippen molar-refractivity contribution in [2.24, 2.45) is 5.92 Å². The van der Waals surface area contributed by atoms with Crippen molar-refractivity contribution in [3.05, 3.63) is 64.2 Å². The molecule has 0 spiro atoms. The normalized spacial score (nSPS) is 12.8. The van der Waals surface area contributed by atoms with Crippen molar-refractivity contribution in [2.45, 2.75) is 54.1 Å². The Morgan fingerprint density at radius 3 is 2.32 bits per heavy atom. The minimum atomic E-state index is -0.0952. The van der Waals surface area contributed by atoms with Crippen molar-refractivity contribution >= 4 is 29.1 Å². The summed E-state index contributed by atoms with van der Waals surface area (Å²) < 4.78 is 0. The van der Waals surface area contributed by atoms with Crippen LogP contribution in [0, 0.1) is 12.8 Å². The number of benzene rings is 2. The van der Waals surface area contributed by atoms with E-state index in [9.17, 15) is 9.59 Å². The Bertz CT molecular complexity index is 954. The maximum atomic E-state index is 13.3. The lowest BCUT2D eigenvalue weighted by atomic mass is 10.1. The molecule has 186 valence electrons. The Balaban J connectivity index is 0.00000408. The summed E-state index contributed by atoms with van der Waals surface area (Å²) in [5, 5.41) is 7.31. The van der Waals surface area contributed by atoms with E-state index >= 15 is 0 Å². The average molecular weight is 487 g/mol. The number of nitrogens with zero attached hydrogens (tertiary/aromatic N) is 3. The van der Waals surface area contributed by atoms with Crippen LogP contribution in [0.4, 0.5) is 5.69 Å². The second-order valence-corrected chi connectivity index (χ2v) is 9.54. The Morgan fingerprint density at radius 2 is 1.71 bits per heavy atom. The van der Waals surface area contributed by atoms with Gasteiger partial charge in [0, 0.05) is 37.4 Å². The number of amides is 2. The number of halogens is 1. The molecule has 0 bridgehead atoms. The Labute approximate surface area is 209 Å². The predicted molar refractivity (Wildman–Crippen MR) is 141 cm³/mol. The largest absolute Gasteiger partial charge is 0.355 e. The topological polar surface area (TPSA) is 55.9 Å². The molecule has 1 N–H and O–H groups in total. The molecule has 0 fully saturated rings. The van der Waals surface area contributed by atoms with E-state index in [1.807, 2.05) is 47.2 Å². The van der Waals surface area contributed by atoms with Gasteiger partial charge in [0.1, 0.15) is 0 Å². The van der Waals surface area contributed by atoms with Gasteiger partial charge in [-0.15, -0.1) is 0 Å². The first kappa shape index (κ1) is 27.7. The molecular formula is C27H39ClN4O2. The van der Waals surface area contributed by atoms with Gasteiger partial charge in [0.2, 0.25) is 5.91 Å². The lowest BCUT2D eigenvalue weighted by Crippen LogP contribution is -2.48. The van der Waals surface area contributed by atoms with Crippen LogP contribution in [0.2, 0.25) is 5.02 Å². The number of carbonyl (C=O) groups excluding carboxylic acids is 2. The van der Waals surface area contributed by atoms with E-state index in [1.54, 1.807) is 12.1 Å². The first-order valence-electron chi connectivity index (χ1n) is 11.6. The molecular weight excluding hydrogens is 448 g/mol. The van der Waals surface area contributed by atoms with Gasteiger partial charge in [0.25, 0.3) is 5.91 Å². The predicted octanol–water partition coefficient (Wildman–Crippen LogP) is 5.03. The number of fused-ring (bicyclic) bond motifs is 1. The maximum Gasteiger partial charge on any atom is 0.256 e. The number of anilines is 1. The van der Waals surface area contributed by atoms with E-state index in [1.165, 1.54) is 11.1 Å². The first-order valence-corrected chi connectivity index (χ1v) is 12.0. The molecule has 0 saturated heterocycles. The van der Waals surface area contributed by atoms with Crippen LogP contribution < -0.4 is 10.2 Å². The van der Waals surface area contributed by atoms with Crippen LogP contribution >= 0.6 is 11.6 Å². The van der Waals surface area contributed by atoms with Gasteiger partial charge in [-0.05, 0) is 54.5 Å². The summed E-state index contributed by atoms with van der Waals surface area (Å²) >= 11 is 6.35. The van der Waals surface area contributed by atoms with Gasteiger partial charge in [-0.2, -0.15) is 0 Å². The van der Waals surface area contributed by atoms with Crippen LogP contribution in [0.3, 0.4) is 0 Å². The van der Waals surface area contributed by atoms with Gasteiger partial charge in [-0.1, -0.05) is 63.2 Å². The van der Waals surface area contributed by atoms with E-state index in [2.05, 4.69) is 31.3 Å². The number of hydrogen-bond acceptors (Lipinski definition) is 4. The molecule has 0 saturated carbocycles. The van der Waals surface area contributed by atoms with E-state index in [0.29, 0.717) is 30.6 Å². The Morgan fingerprint density at radius 1 is 1.06 bits per heavy atom. The molecule has 1 aliphatic rings. The SMILES string of the molecule is C.Cc1c(Cl)cccc1N(CC(=O)NCCCC(C)C)CC(=O)N(C)N1Cc2ccccc2C1. The standard InChI is InChI=1S/C26H35ClN4O2.CH4/c1-19(2)9-8-14-28-25(32)17-30(24-13-7-12-23(27)20(24)3)18-26(33)29(4)31-15-21-10-5-6-11-22(21)16-31;/h5-7,10-13,19H,8-9,14-18H2,1-4H3,(H,28,32);1H4. The van der Waals surface area contributed by atoms with E-state index in [-0.39, 0.29) is 32.3 Å². The molecule has 0 aliphatic carbocycles. The zero-order chi connectivity index (χ0) is 24.0. The van der Waals surface area contributed by atoms with E-state index in [0.717, 1.165) is 24.1 Å². The van der Waals surface area contributed by atoms with Crippen molar-refractivity contribution in [1.29, 1.82) is 0 Å². The summed E-state index contributed by atoms with van der Waals surface area (Å²) in [5.74, 6) is 0.439. The van der Waals surface area contributed by atoms with Crippen LogP contribution in [0.5, 0.6) is 0 Å². The molecule has 0 unspecified atom stereocenters. The monoisotopic (exact) mass is 486 g/mol. The zero-order valence-electron chi connectivity index (χ0n) is 20.1. The third-order valence-electron chi connectivity index (χ3n) is 6.13. The number of nitrogens with one attached hydrogen (secondary N) is 1. The van der Waals surface area contributed by atoms with Crippen molar-refractivity contribution in [3.8, 4) is 0 Å². The third kappa shape index (κ3) is 7.21. The number of hydrogen-bond donors (Lipinski definition) is 1. The second kappa shape index (κ2) is 12.8. The Kier molecular flexibility index (Phi) is 10.4. The summed E-state index contributed by atoms with van der Waals surface area (Å²) in [5.41, 5.74) is 4.13. The van der Waals surface area contributed by atoms with E-state index < -0.39 is 0 Å². The fourth-order valence-electron chi connectivity index (χ4n) is 4.08. The lowest BCUT2D eigenvalue weighted by molar-refractivity contribution is -0.145. The van der Waals surface area contributed by atoms with Crippen LogP contribution in [0.1, 0.15) is 50.8 Å². The number of hydrazine groups is 1. The molecule has 1 aliphatic heterocycles. The molecule has 1 heterocycles. The summed E-state index contributed by atoms with van der Waals surface area (Å²) in [4.78, 5) is 27.8. The zero-order valence-corrected chi connectivity index (χ0v) is 20.9. The van der Waals surface area contributed by atoms with Gasteiger partial charge in [-0.25, -0.2) is 5.01 Å². The molecule has 2 amide bonds. The third-order valence-corrected chi connectivity index (χ3v) is 6.54. The van der Waals surface area contributed by atoms with Gasteiger partial charge in [0.05, 0.1) is 13.1 Å². The molecule has 2 aromatic rings. The quantitative estimate of drug-likeness (QED) is 0.478. The first-order chi connectivity index (χ1) is 15.8. The molecule has 0 radical (unpaired) electrons. The Hall–Kier alpha value is -2.57. The molecule has 0 atom stereocenters. The number of likely N-dealkylation sites (N-methyl/N-ethyl adjacent to an activating group) is 1. The van der Waals surface area contributed by atoms with Crippen LogP contribution in [-0.2, 0) is 22.7 Å². The number of carbonyl (C=O) groups is 2. The highest BCUT2D eigenvalue weighted by atomic mass is 35.5. The van der Waals surface area contributed by atoms with Gasteiger partial charge in [-0.3, -0.25) is 14.6 Å². The summed E-state index contributed by atoms with van der Waals surface area (Å²) in [6.07, 6.45) is 2.01. The van der Waals surface area contributed by atoms with Gasteiger partial charge in [0.15, 0.2) is 0 Å². The highest BCUT2D eigenvalue weighted by molar-refractivity contribution is 6.31. The summed E-state index contributed by atoms with van der Waals surface area (Å²) in [6.45, 7) is 8.48. The lowest BCUT2D eigenvalue weighted by Gasteiger charge is -2.32. The number of rotatable bonds is 10. The fraction of sp³-hybridized carbons (Fsp3) is 0.481. The highest BCUT2D eigenvalue weighted by Gasteiger charge is 2.27. The van der Waals surface area contributed by atoms with Crippen molar-refractivity contribution in [3.63, 3.8) is 0 Å². The van der Waals surface area contributed by atoms with Crippen LogP contribution in [0.25, 0.3) is 0 Å². The average Bonchev–Trinajstić information content (AvgIpc) is 3.21. The van der Waals surface area contributed by atoms with Gasteiger partial charge < -0.3 is 10.2 Å². The summed E-state index contributed by atoms with van der Waals surface area (Å²) in [7, 11) is 1.79. The molecule has 3 rings (SSSR count). The minimum Gasteiger partial charge on any atom is -0.355 e. The van der Waals surface area contributed by atoms with Crippen molar-refractivity contribution in [1.82, 2.24) is 15.3 Å². The van der Waals surface area contributed by atoms with Crippen molar-refractivity contribution < 1.29 is 9.59 Å². The smallest absolute Gasteiger partial charge is 0.256 e. The van der Waals surface area contributed by atoms with E-state index in [4.69, 9.17) is 11.6 Å². The molecule has 6 nitrogen and oxygen atoms in total. The molecule has 2 aromatic carbocycles. The second-order valence-electron chi connectivity index (χ2n) is 9.13. The van der Waals surface area contributed by atoms with Crippen LogP contribution in [0.15, 0.2) is 42.5 Å². The summed E-state index contributed by atoms with van der Waals surface area (Å²) in [6, 6.07) is 13.8. The van der Waals surface area contributed by atoms with Crippen LogP contribution in [-0.4, -0.2) is 48.5 Å². The molecule has 34 heavy (non-hydrogen) atoms. The highest BCUT2D eigenvalue weighted by Crippen LogP contribution is 2.27. The maximum absolute atomic E-state index is 13.3. The molecule has 0 aromatic heterocycles. The molecule has 7 heteroatoms. The van der Waals surface area contributed by atoms with Crippen molar-refractivity contribution in [2.75, 3.05) is 31.6 Å². The minimum absolute atomic E-state index is 0. The van der Waals surface area contributed by atoms with Gasteiger partial charge >= 0.3 is 0 Å².